The Balaban J connectivity index is 1.60. The molecule has 2 aliphatic heterocycles. The van der Waals surface area contributed by atoms with Gasteiger partial charge in [0.25, 0.3) is 0 Å². The zero-order valence-electron chi connectivity index (χ0n) is 16.4. The smallest absolute Gasteiger partial charge is 0.136 e. The SMILES string of the molecule is CC(C)c1nc2c(c(N3CCOCC3)n1)CCN(Cc1ccc(F)cc1F)C2. The number of morpholine rings is 1. The summed E-state index contributed by atoms with van der Waals surface area (Å²) in [6.45, 7) is 9.18. The predicted octanol–water partition coefficient (Wildman–Crippen LogP) is 3.27. The van der Waals surface area contributed by atoms with E-state index in [4.69, 9.17) is 14.7 Å². The van der Waals surface area contributed by atoms with Gasteiger partial charge in [0.2, 0.25) is 0 Å². The summed E-state index contributed by atoms with van der Waals surface area (Å²) >= 11 is 0. The van der Waals surface area contributed by atoms with Gasteiger partial charge in [0.05, 0.1) is 18.9 Å². The van der Waals surface area contributed by atoms with Gasteiger partial charge in [0.15, 0.2) is 0 Å². The van der Waals surface area contributed by atoms with Crippen molar-refractivity contribution in [1.29, 1.82) is 0 Å². The molecule has 7 heteroatoms. The molecule has 1 fully saturated rings. The molecule has 1 aromatic heterocycles. The molecular weight excluding hydrogens is 362 g/mol. The van der Waals surface area contributed by atoms with Crippen LogP contribution in [-0.2, 0) is 24.2 Å². The Morgan fingerprint density at radius 2 is 1.89 bits per heavy atom. The topological polar surface area (TPSA) is 41.5 Å². The molecule has 28 heavy (non-hydrogen) atoms. The Hall–Kier alpha value is -2.12. The molecule has 0 bridgehead atoms. The van der Waals surface area contributed by atoms with Crippen molar-refractivity contribution < 1.29 is 13.5 Å². The van der Waals surface area contributed by atoms with Crippen LogP contribution in [0.2, 0.25) is 0 Å². The molecule has 0 spiro atoms. The van der Waals surface area contributed by atoms with E-state index in [0.29, 0.717) is 31.9 Å². The van der Waals surface area contributed by atoms with E-state index in [1.54, 1.807) is 0 Å². The van der Waals surface area contributed by atoms with Crippen LogP contribution in [0, 0.1) is 11.6 Å². The first-order valence-electron chi connectivity index (χ1n) is 9.90. The Labute approximate surface area is 164 Å². The summed E-state index contributed by atoms with van der Waals surface area (Å²) in [7, 11) is 0. The van der Waals surface area contributed by atoms with Crippen LogP contribution in [0.1, 0.15) is 42.4 Å². The third-order valence-corrected chi connectivity index (χ3v) is 5.38. The van der Waals surface area contributed by atoms with Gasteiger partial charge in [-0.1, -0.05) is 19.9 Å². The summed E-state index contributed by atoms with van der Waals surface area (Å²) in [4.78, 5) is 14.2. The van der Waals surface area contributed by atoms with Crippen molar-refractivity contribution in [2.24, 2.45) is 0 Å². The molecule has 1 saturated heterocycles. The van der Waals surface area contributed by atoms with Crippen LogP contribution in [0.3, 0.4) is 0 Å². The summed E-state index contributed by atoms with van der Waals surface area (Å²) in [5.74, 6) is 1.06. The predicted molar refractivity (Wildman–Crippen MR) is 103 cm³/mol. The summed E-state index contributed by atoms with van der Waals surface area (Å²) in [5, 5.41) is 0. The van der Waals surface area contributed by atoms with Crippen molar-refractivity contribution in [1.82, 2.24) is 14.9 Å². The molecule has 0 radical (unpaired) electrons. The van der Waals surface area contributed by atoms with Crippen molar-refractivity contribution in [2.45, 2.75) is 39.3 Å². The molecule has 5 nitrogen and oxygen atoms in total. The van der Waals surface area contributed by atoms with E-state index >= 15 is 0 Å². The zero-order chi connectivity index (χ0) is 19.7. The third-order valence-electron chi connectivity index (χ3n) is 5.38. The highest BCUT2D eigenvalue weighted by atomic mass is 19.1. The minimum Gasteiger partial charge on any atom is -0.378 e. The summed E-state index contributed by atoms with van der Waals surface area (Å²) in [5.41, 5.74) is 2.73. The maximum Gasteiger partial charge on any atom is 0.136 e. The standard InChI is InChI=1S/C21H26F2N4O/c1-14(2)20-24-19-13-26(12-15-3-4-16(22)11-18(15)23)6-5-17(19)21(25-20)27-7-9-28-10-8-27/h3-4,11,14H,5-10,12-13H2,1-2H3. The second kappa shape index (κ2) is 8.09. The lowest BCUT2D eigenvalue weighted by Crippen LogP contribution is -2.39. The Kier molecular flexibility index (Phi) is 5.55. The largest absolute Gasteiger partial charge is 0.378 e. The monoisotopic (exact) mass is 388 g/mol. The van der Waals surface area contributed by atoms with E-state index in [-0.39, 0.29) is 5.92 Å². The van der Waals surface area contributed by atoms with Crippen LogP contribution in [0.5, 0.6) is 0 Å². The Morgan fingerprint density at radius 3 is 2.61 bits per heavy atom. The minimum absolute atomic E-state index is 0.231. The fourth-order valence-corrected chi connectivity index (χ4v) is 3.80. The lowest BCUT2D eigenvalue weighted by atomic mass is 10.0. The number of hydrogen-bond acceptors (Lipinski definition) is 5. The van der Waals surface area contributed by atoms with Crippen LogP contribution in [0.4, 0.5) is 14.6 Å². The van der Waals surface area contributed by atoms with Crippen LogP contribution in [0.25, 0.3) is 0 Å². The molecule has 0 atom stereocenters. The first kappa shape index (κ1) is 19.2. The number of halogens is 2. The quantitative estimate of drug-likeness (QED) is 0.804. The number of aromatic nitrogens is 2. The van der Waals surface area contributed by atoms with Crippen molar-refractivity contribution in [3.05, 3.63) is 52.5 Å². The van der Waals surface area contributed by atoms with E-state index < -0.39 is 11.6 Å². The number of benzene rings is 1. The molecule has 0 unspecified atom stereocenters. The lowest BCUT2D eigenvalue weighted by Gasteiger charge is -2.34. The molecule has 1 aromatic carbocycles. The van der Waals surface area contributed by atoms with Gasteiger partial charge in [-0.2, -0.15) is 0 Å². The van der Waals surface area contributed by atoms with Gasteiger partial charge in [-0.3, -0.25) is 4.90 Å². The molecule has 0 N–H and O–H groups in total. The van der Waals surface area contributed by atoms with Gasteiger partial charge in [-0.05, 0) is 12.5 Å². The average molecular weight is 388 g/mol. The molecule has 0 saturated carbocycles. The highest BCUT2D eigenvalue weighted by Crippen LogP contribution is 2.29. The van der Waals surface area contributed by atoms with Gasteiger partial charge < -0.3 is 9.64 Å². The van der Waals surface area contributed by atoms with Gasteiger partial charge in [0, 0.05) is 55.8 Å². The Bertz CT molecular complexity index is 853. The van der Waals surface area contributed by atoms with E-state index in [9.17, 15) is 8.78 Å². The van der Waals surface area contributed by atoms with Gasteiger partial charge in [-0.15, -0.1) is 0 Å². The van der Waals surface area contributed by atoms with Crippen LogP contribution >= 0.6 is 0 Å². The maximum absolute atomic E-state index is 14.1. The van der Waals surface area contributed by atoms with E-state index in [1.165, 1.54) is 17.7 Å². The molecule has 0 aliphatic carbocycles. The summed E-state index contributed by atoms with van der Waals surface area (Å²) in [6, 6.07) is 3.79. The first-order valence-corrected chi connectivity index (χ1v) is 9.90. The fraction of sp³-hybridized carbons (Fsp3) is 0.524. The van der Waals surface area contributed by atoms with Crippen LogP contribution < -0.4 is 4.90 Å². The highest BCUT2D eigenvalue weighted by molar-refractivity contribution is 5.51. The molecule has 2 aliphatic rings. The maximum atomic E-state index is 14.1. The number of anilines is 1. The zero-order valence-corrected chi connectivity index (χ0v) is 16.4. The summed E-state index contributed by atoms with van der Waals surface area (Å²) < 4.78 is 32.7. The molecule has 2 aromatic rings. The van der Waals surface area contributed by atoms with Gasteiger partial charge in [0.1, 0.15) is 23.3 Å². The van der Waals surface area contributed by atoms with Gasteiger partial charge in [-0.25, -0.2) is 18.7 Å². The normalized spacial score (nSPS) is 17.8. The Morgan fingerprint density at radius 1 is 1.11 bits per heavy atom. The van der Waals surface area contributed by atoms with Crippen molar-refractivity contribution in [2.75, 3.05) is 37.7 Å². The van der Waals surface area contributed by atoms with Crippen LogP contribution in [-0.4, -0.2) is 47.7 Å². The molecule has 4 rings (SSSR count). The van der Waals surface area contributed by atoms with Crippen LogP contribution in [0.15, 0.2) is 18.2 Å². The number of ether oxygens (including phenoxy) is 1. The number of rotatable bonds is 4. The first-order chi connectivity index (χ1) is 13.5. The molecule has 3 heterocycles. The van der Waals surface area contributed by atoms with Crippen molar-refractivity contribution >= 4 is 5.82 Å². The second-order valence-corrected chi connectivity index (χ2v) is 7.78. The lowest BCUT2D eigenvalue weighted by molar-refractivity contribution is 0.122. The second-order valence-electron chi connectivity index (χ2n) is 7.78. The molecule has 0 amide bonds. The fourth-order valence-electron chi connectivity index (χ4n) is 3.80. The molecule has 150 valence electrons. The van der Waals surface area contributed by atoms with E-state index in [0.717, 1.165) is 49.5 Å². The van der Waals surface area contributed by atoms with E-state index in [1.807, 2.05) is 0 Å². The minimum atomic E-state index is -0.547. The van der Waals surface area contributed by atoms with Gasteiger partial charge >= 0.3 is 0 Å². The number of nitrogens with zero attached hydrogens (tertiary/aromatic N) is 4. The third kappa shape index (κ3) is 4.00. The van der Waals surface area contributed by atoms with Crippen molar-refractivity contribution in [3.8, 4) is 0 Å². The number of fused-ring (bicyclic) bond motifs is 1. The molecular formula is C21H26F2N4O. The summed E-state index contributed by atoms with van der Waals surface area (Å²) in [6.07, 6.45) is 0.823. The highest BCUT2D eigenvalue weighted by Gasteiger charge is 2.27. The van der Waals surface area contributed by atoms with E-state index in [2.05, 4.69) is 23.6 Å². The average Bonchev–Trinajstić information content (AvgIpc) is 2.69. The number of hydrogen-bond donors (Lipinski definition) is 0. The van der Waals surface area contributed by atoms with Crippen molar-refractivity contribution in [3.63, 3.8) is 0 Å².